The maximum Gasteiger partial charge on any atom is 0.325 e. The number of benzene rings is 1. The average molecular weight is 423 g/mol. The molecule has 12 heteroatoms. The Morgan fingerprint density at radius 1 is 1.21 bits per heavy atom. The second-order valence-corrected chi connectivity index (χ2v) is 6.06. The van der Waals surface area contributed by atoms with E-state index in [2.05, 4.69) is 15.4 Å². The average Bonchev–Trinajstić information content (AvgIpc) is 3.10. The van der Waals surface area contributed by atoms with Gasteiger partial charge in [0, 0.05) is 24.9 Å². The zero-order chi connectivity index (χ0) is 21.6. The minimum atomic E-state index is -0.941. The molecule has 152 valence electrons. The van der Waals surface area contributed by atoms with Crippen LogP contribution in [-0.2, 0) is 21.4 Å². The summed E-state index contributed by atoms with van der Waals surface area (Å²) in [6.07, 6.45) is 1.62. The van der Waals surface area contributed by atoms with Gasteiger partial charge in [-0.25, -0.2) is 0 Å². The van der Waals surface area contributed by atoms with Crippen LogP contribution in [0.1, 0.15) is 20.8 Å². The molecular weight excluding hydrogens is 408 g/mol. The minimum absolute atomic E-state index is 0.0835. The van der Waals surface area contributed by atoms with Crippen molar-refractivity contribution >= 4 is 41.0 Å². The largest absolute Gasteiger partial charge is 0.454 e. The first-order valence-corrected chi connectivity index (χ1v) is 8.40. The van der Waals surface area contributed by atoms with Crippen molar-refractivity contribution in [1.29, 1.82) is 0 Å². The Kier molecular flexibility index (Phi) is 7.04. The fourth-order valence-electron chi connectivity index (χ4n) is 2.17. The van der Waals surface area contributed by atoms with Gasteiger partial charge in [-0.1, -0.05) is 11.6 Å². The van der Waals surface area contributed by atoms with Gasteiger partial charge in [-0.3, -0.25) is 34.6 Å². The number of nitro groups is 1. The van der Waals surface area contributed by atoms with Crippen LogP contribution in [0.15, 0.2) is 36.5 Å². The van der Waals surface area contributed by atoms with E-state index in [9.17, 15) is 29.3 Å². The fourth-order valence-corrected chi connectivity index (χ4v) is 2.36. The second kappa shape index (κ2) is 9.46. The first-order chi connectivity index (χ1) is 13.7. The van der Waals surface area contributed by atoms with Gasteiger partial charge in [-0.05, 0) is 24.3 Å². The second-order valence-electron chi connectivity index (χ2n) is 5.65. The number of nitrogens with zero attached hydrogens (tertiary/aromatic N) is 2. The maximum atomic E-state index is 12.0. The van der Waals surface area contributed by atoms with E-state index >= 15 is 0 Å². The highest BCUT2D eigenvalue weighted by atomic mass is 35.5. The molecule has 2 aromatic rings. The Bertz CT molecular complexity index is 986. The summed E-state index contributed by atoms with van der Waals surface area (Å²) in [6, 6.07) is 6.52. The number of hydrogen-bond donors (Lipinski definition) is 2. The lowest BCUT2D eigenvalue weighted by Gasteiger charge is -2.08. The highest BCUT2D eigenvalue weighted by Crippen LogP contribution is 2.24. The lowest BCUT2D eigenvalue weighted by Crippen LogP contribution is -2.37. The van der Waals surface area contributed by atoms with Crippen LogP contribution in [0.2, 0.25) is 5.02 Å². The number of hydrogen-bond acceptors (Lipinski definition) is 7. The molecule has 1 heterocycles. The van der Waals surface area contributed by atoms with E-state index in [-0.39, 0.29) is 16.3 Å². The van der Waals surface area contributed by atoms with Crippen LogP contribution >= 0.6 is 11.6 Å². The summed E-state index contributed by atoms with van der Waals surface area (Å²) >= 11 is 5.66. The van der Waals surface area contributed by atoms with Gasteiger partial charge < -0.3 is 14.6 Å². The van der Waals surface area contributed by atoms with Gasteiger partial charge in [-0.15, -0.1) is 0 Å². The van der Waals surface area contributed by atoms with Crippen molar-refractivity contribution < 1.29 is 28.8 Å². The molecular formula is C17H15ClN4O7. The van der Waals surface area contributed by atoms with Crippen LogP contribution in [0.4, 0.5) is 5.69 Å². The molecule has 1 aromatic carbocycles. The molecule has 2 rings (SSSR count). The van der Waals surface area contributed by atoms with E-state index in [0.717, 1.165) is 6.07 Å². The third-order valence-corrected chi connectivity index (χ3v) is 3.91. The molecule has 0 aliphatic heterocycles. The summed E-state index contributed by atoms with van der Waals surface area (Å²) < 4.78 is 6.17. The van der Waals surface area contributed by atoms with Crippen LogP contribution in [-0.4, -0.2) is 46.3 Å². The molecule has 0 unspecified atom stereocenters. The monoisotopic (exact) mass is 422 g/mol. The number of rotatable bonds is 7. The summed E-state index contributed by atoms with van der Waals surface area (Å²) in [6.45, 7) is -1.31. The number of amides is 3. The van der Waals surface area contributed by atoms with Gasteiger partial charge in [-0.2, -0.15) is 0 Å². The minimum Gasteiger partial charge on any atom is -0.454 e. The zero-order valence-corrected chi connectivity index (χ0v) is 15.8. The Morgan fingerprint density at radius 3 is 2.55 bits per heavy atom. The smallest absolute Gasteiger partial charge is 0.325 e. The lowest BCUT2D eigenvalue weighted by molar-refractivity contribution is -0.384. The van der Waals surface area contributed by atoms with Gasteiger partial charge in [0.15, 0.2) is 6.61 Å². The number of ether oxygens (including phenoxy) is 1. The zero-order valence-electron chi connectivity index (χ0n) is 15.0. The normalized spacial score (nSPS) is 10.1. The molecule has 11 nitrogen and oxygen atoms in total. The van der Waals surface area contributed by atoms with Crippen molar-refractivity contribution in [1.82, 2.24) is 15.2 Å². The molecule has 0 atom stereocenters. The van der Waals surface area contributed by atoms with Crippen molar-refractivity contribution in [2.45, 2.75) is 0 Å². The van der Waals surface area contributed by atoms with E-state index in [0.29, 0.717) is 0 Å². The van der Waals surface area contributed by atoms with Gasteiger partial charge in [0.25, 0.3) is 23.4 Å². The van der Waals surface area contributed by atoms with Crippen molar-refractivity contribution in [2.24, 2.45) is 7.05 Å². The Morgan fingerprint density at radius 2 is 1.93 bits per heavy atom. The summed E-state index contributed by atoms with van der Waals surface area (Å²) in [4.78, 5) is 57.2. The number of nitro benzene ring substituents is 1. The van der Waals surface area contributed by atoms with Crippen LogP contribution in [0.5, 0.6) is 0 Å². The molecule has 0 bridgehead atoms. The number of aryl methyl sites for hydroxylation is 1. The summed E-state index contributed by atoms with van der Waals surface area (Å²) in [5, 5.41) is 14.9. The predicted molar refractivity (Wildman–Crippen MR) is 99.3 cm³/mol. The van der Waals surface area contributed by atoms with Gasteiger partial charge in [0.1, 0.15) is 17.3 Å². The van der Waals surface area contributed by atoms with Crippen molar-refractivity contribution in [3.8, 4) is 0 Å². The van der Waals surface area contributed by atoms with Crippen LogP contribution in [0, 0.1) is 10.1 Å². The quantitative estimate of drug-likeness (QED) is 0.381. The standard InChI is InChI=1S/C17H15ClN4O7/c1-21-6-2-3-12(21)17(26)20-14(23)9-29-15(24)8-19-16(25)10-4-5-11(18)13(7-10)22(27)28/h2-7H,8-9H2,1H3,(H,19,25)(H,20,23,26). The maximum absolute atomic E-state index is 12.0. The van der Waals surface area contributed by atoms with Crippen LogP contribution in [0.25, 0.3) is 0 Å². The van der Waals surface area contributed by atoms with Gasteiger partial charge in [0.05, 0.1) is 4.92 Å². The Balaban J connectivity index is 1.79. The summed E-state index contributed by atoms with van der Waals surface area (Å²) in [5.74, 6) is -3.21. The van der Waals surface area contributed by atoms with Crippen LogP contribution < -0.4 is 10.6 Å². The van der Waals surface area contributed by atoms with E-state index in [1.165, 1.54) is 22.8 Å². The molecule has 0 saturated carbocycles. The predicted octanol–water partition coefficient (Wildman–Crippen LogP) is 0.816. The van der Waals surface area contributed by atoms with Gasteiger partial charge >= 0.3 is 5.97 Å². The molecule has 3 amide bonds. The van der Waals surface area contributed by atoms with Crippen molar-refractivity contribution in [3.05, 3.63) is 62.9 Å². The summed E-state index contributed by atoms with van der Waals surface area (Å²) in [5.41, 5.74) is -0.296. The molecule has 0 fully saturated rings. The van der Waals surface area contributed by atoms with E-state index in [1.54, 1.807) is 19.3 Å². The number of aromatic nitrogens is 1. The number of nitrogens with one attached hydrogen (secondary N) is 2. The topological polar surface area (TPSA) is 150 Å². The number of esters is 1. The number of halogens is 1. The van der Waals surface area contributed by atoms with E-state index in [1.807, 2.05) is 0 Å². The Hall–Kier alpha value is -3.73. The van der Waals surface area contributed by atoms with E-state index in [4.69, 9.17) is 11.6 Å². The Labute approximate surface area is 168 Å². The van der Waals surface area contributed by atoms with Gasteiger partial charge in [0.2, 0.25) is 0 Å². The summed E-state index contributed by atoms with van der Waals surface area (Å²) in [7, 11) is 1.62. The van der Waals surface area contributed by atoms with Crippen LogP contribution in [0.3, 0.4) is 0 Å². The first-order valence-electron chi connectivity index (χ1n) is 8.02. The van der Waals surface area contributed by atoms with Crippen molar-refractivity contribution in [3.63, 3.8) is 0 Å². The van der Waals surface area contributed by atoms with Crippen molar-refractivity contribution in [2.75, 3.05) is 13.2 Å². The third kappa shape index (κ3) is 5.87. The van der Waals surface area contributed by atoms with E-state index < -0.39 is 47.5 Å². The molecule has 1 aromatic heterocycles. The molecule has 0 radical (unpaired) electrons. The first kappa shape index (κ1) is 21.6. The number of imide groups is 1. The molecule has 0 saturated heterocycles. The lowest BCUT2D eigenvalue weighted by atomic mass is 10.2. The highest BCUT2D eigenvalue weighted by Gasteiger charge is 2.18. The molecule has 0 aliphatic carbocycles. The number of carbonyl (C=O) groups excluding carboxylic acids is 4. The molecule has 2 N–H and O–H groups in total. The number of carbonyl (C=O) groups is 4. The highest BCUT2D eigenvalue weighted by molar-refractivity contribution is 6.32. The third-order valence-electron chi connectivity index (χ3n) is 3.59. The fraction of sp³-hybridized carbons (Fsp3) is 0.176. The SMILES string of the molecule is Cn1cccc1C(=O)NC(=O)COC(=O)CNC(=O)c1ccc(Cl)c([N+](=O)[O-])c1. The molecule has 0 aliphatic rings. The molecule has 0 spiro atoms. The molecule has 29 heavy (non-hydrogen) atoms.